The minimum Gasteiger partial charge on any atom is -0.494 e. The topological polar surface area (TPSA) is 58.6 Å². The van der Waals surface area contributed by atoms with Crippen molar-refractivity contribution in [2.75, 3.05) is 11.9 Å². The second-order valence-electron chi connectivity index (χ2n) is 4.43. The summed E-state index contributed by atoms with van der Waals surface area (Å²) in [5.41, 5.74) is 1.15. The maximum absolute atomic E-state index is 13.7. The van der Waals surface area contributed by atoms with Gasteiger partial charge in [-0.2, -0.15) is 0 Å². The average molecular weight is 289 g/mol. The Kier molecular flexibility index (Phi) is 4.77. The van der Waals surface area contributed by atoms with Crippen LogP contribution in [0.4, 0.5) is 10.1 Å². The normalized spacial score (nSPS) is 10.2. The van der Waals surface area contributed by atoms with Crippen LogP contribution in [0.3, 0.4) is 0 Å². The Hall–Kier alpha value is -2.56. The molecule has 0 unspecified atom stereocenters. The highest BCUT2D eigenvalue weighted by atomic mass is 19.1. The van der Waals surface area contributed by atoms with Crippen LogP contribution in [0.15, 0.2) is 42.5 Å². The highest BCUT2D eigenvalue weighted by Gasteiger charge is 2.08. The van der Waals surface area contributed by atoms with E-state index in [4.69, 9.17) is 9.84 Å². The van der Waals surface area contributed by atoms with Crippen LogP contribution in [0.5, 0.6) is 5.75 Å². The lowest BCUT2D eigenvalue weighted by Crippen LogP contribution is -2.05. The predicted octanol–water partition coefficient (Wildman–Crippen LogP) is 3.53. The summed E-state index contributed by atoms with van der Waals surface area (Å²) in [6.45, 7) is 2.66. The van der Waals surface area contributed by atoms with Gasteiger partial charge in [-0.3, -0.25) is 0 Å². The molecule has 2 aromatic rings. The molecule has 0 bridgehead atoms. The van der Waals surface area contributed by atoms with Gasteiger partial charge in [0.15, 0.2) is 0 Å². The second-order valence-corrected chi connectivity index (χ2v) is 4.43. The molecule has 0 aliphatic rings. The van der Waals surface area contributed by atoms with Gasteiger partial charge in [0, 0.05) is 23.9 Å². The van der Waals surface area contributed by atoms with Gasteiger partial charge >= 0.3 is 5.97 Å². The zero-order valence-electron chi connectivity index (χ0n) is 11.6. The SMILES string of the molecule is CCOc1cccc(NCc2cc(C(=O)O)ccc2F)c1. The highest BCUT2D eigenvalue weighted by Crippen LogP contribution is 2.19. The Labute approximate surface area is 122 Å². The van der Waals surface area contributed by atoms with Gasteiger partial charge in [-0.15, -0.1) is 0 Å². The molecule has 0 saturated carbocycles. The first-order valence-corrected chi connectivity index (χ1v) is 6.58. The molecule has 0 spiro atoms. The fraction of sp³-hybridized carbons (Fsp3) is 0.188. The number of anilines is 1. The molecule has 110 valence electrons. The number of hydrogen-bond acceptors (Lipinski definition) is 3. The molecule has 0 aliphatic heterocycles. The largest absolute Gasteiger partial charge is 0.494 e. The van der Waals surface area contributed by atoms with E-state index in [0.717, 1.165) is 17.5 Å². The summed E-state index contributed by atoms with van der Waals surface area (Å²) in [5, 5.41) is 12.0. The second kappa shape index (κ2) is 6.74. The number of ether oxygens (including phenoxy) is 1. The number of hydrogen-bond donors (Lipinski definition) is 2. The van der Waals surface area contributed by atoms with Gasteiger partial charge in [-0.05, 0) is 37.3 Å². The zero-order valence-corrected chi connectivity index (χ0v) is 11.6. The molecule has 0 aliphatic carbocycles. The number of carbonyl (C=O) groups is 1. The molecule has 2 N–H and O–H groups in total. The van der Waals surface area contributed by atoms with Crippen LogP contribution < -0.4 is 10.1 Å². The lowest BCUT2D eigenvalue weighted by Gasteiger charge is -2.10. The van der Waals surface area contributed by atoms with E-state index in [0.29, 0.717) is 12.2 Å². The Balaban J connectivity index is 2.10. The fourth-order valence-electron chi connectivity index (χ4n) is 1.90. The molecule has 0 saturated heterocycles. The molecule has 0 aromatic heterocycles. The van der Waals surface area contributed by atoms with E-state index >= 15 is 0 Å². The third-order valence-corrected chi connectivity index (χ3v) is 2.92. The molecule has 2 rings (SSSR count). The number of carboxylic acids is 1. The van der Waals surface area contributed by atoms with Gasteiger partial charge in [-0.1, -0.05) is 6.07 Å². The molecule has 0 amide bonds. The van der Waals surface area contributed by atoms with Gasteiger partial charge in [0.2, 0.25) is 0 Å². The molecular weight excluding hydrogens is 273 g/mol. The maximum atomic E-state index is 13.7. The van der Waals surface area contributed by atoms with Crippen molar-refractivity contribution in [3.05, 3.63) is 59.4 Å². The van der Waals surface area contributed by atoms with Crippen molar-refractivity contribution in [3.8, 4) is 5.75 Å². The van der Waals surface area contributed by atoms with Crippen LogP contribution in [0.2, 0.25) is 0 Å². The van der Waals surface area contributed by atoms with Crippen molar-refractivity contribution >= 4 is 11.7 Å². The summed E-state index contributed by atoms with van der Waals surface area (Å²) >= 11 is 0. The van der Waals surface area contributed by atoms with Crippen LogP contribution in [0.25, 0.3) is 0 Å². The molecule has 4 nitrogen and oxygen atoms in total. The summed E-state index contributed by atoms with van der Waals surface area (Å²) in [5.74, 6) is -0.787. The third-order valence-electron chi connectivity index (χ3n) is 2.92. The number of halogens is 1. The summed E-state index contributed by atoms with van der Waals surface area (Å²) in [6.07, 6.45) is 0. The fourth-order valence-corrected chi connectivity index (χ4v) is 1.90. The summed E-state index contributed by atoms with van der Waals surface area (Å²) < 4.78 is 19.1. The first kappa shape index (κ1) is 14.8. The number of aromatic carboxylic acids is 1. The van der Waals surface area contributed by atoms with Crippen molar-refractivity contribution in [2.24, 2.45) is 0 Å². The minimum absolute atomic E-state index is 0.0660. The smallest absolute Gasteiger partial charge is 0.335 e. The molecule has 5 heteroatoms. The van der Waals surface area contributed by atoms with Crippen molar-refractivity contribution in [1.29, 1.82) is 0 Å². The minimum atomic E-state index is -1.07. The van der Waals surface area contributed by atoms with Crippen molar-refractivity contribution < 1.29 is 19.0 Å². The number of carboxylic acid groups (broad SMARTS) is 1. The van der Waals surface area contributed by atoms with Gasteiger partial charge < -0.3 is 15.2 Å². The number of benzene rings is 2. The molecule has 2 aromatic carbocycles. The maximum Gasteiger partial charge on any atom is 0.335 e. The Morgan fingerprint density at radius 1 is 1.29 bits per heavy atom. The Bertz CT molecular complexity index is 643. The molecule has 21 heavy (non-hydrogen) atoms. The zero-order chi connectivity index (χ0) is 15.2. The van der Waals surface area contributed by atoms with Crippen LogP contribution in [0, 0.1) is 5.82 Å². The monoisotopic (exact) mass is 289 g/mol. The Morgan fingerprint density at radius 2 is 2.10 bits per heavy atom. The predicted molar refractivity (Wildman–Crippen MR) is 78.3 cm³/mol. The molecule has 0 atom stereocenters. The lowest BCUT2D eigenvalue weighted by atomic mass is 10.1. The first-order valence-electron chi connectivity index (χ1n) is 6.58. The van der Waals surface area contributed by atoms with Crippen LogP contribution in [-0.2, 0) is 6.54 Å². The van der Waals surface area contributed by atoms with Crippen LogP contribution in [-0.4, -0.2) is 17.7 Å². The van der Waals surface area contributed by atoms with Gasteiger partial charge in [-0.25, -0.2) is 9.18 Å². The van der Waals surface area contributed by atoms with E-state index in [-0.39, 0.29) is 12.1 Å². The van der Waals surface area contributed by atoms with E-state index < -0.39 is 11.8 Å². The first-order chi connectivity index (χ1) is 10.1. The van der Waals surface area contributed by atoms with Crippen molar-refractivity contribution in [1.82, 2.24) is 0 Å². The summed E-state index contributed by atoms with van der Waals surface area (Å²) in [6, 6.07) is 11.0. The standard InChI is InChI=1S/C16H16FNO3/c1-2-21-14-5-3-4-13(9-14)18-10-12-8-11(16(19)20)6-7-15(12)17/h3-9,18H,2,10H2,1H3,(H,19,20). The Morgan fingerprint density at radius 3 is 2.81 bits per heavy atom. The molecule has 0 heterocycles. The van der Waals surface area contributed by atoms with Crippen molar-refractivity contribution in [3.63, 3.8) is 0 Å². The third kappa shape index (κ3) is 3.95. The highest BCUT2D eigenvalue weighted by molar-refractivity contribution is 5.87. The molecule has 0 radical (unpaired) electrons. The molecular formula is C16H16FNO3. The van der Waals surface area contributed by atoms with Crippen molar-refractivity contribution in [2.45, 2.75) is 13.5 Å². The van der Waals surface area contributed by atoms with Gasteiger partial charge in [0.1, 0.15) is 11.6 Å². The summed E-state index contributed by atoms with van der Waals surface area (Å²) in [7, 11) is 0. The van der Waals surface area contributed by atoms with E-state index in [1.165, 1.54) is 12.1 Å². The van der Waals surface area contributed by atoms with E-state index in [1.807, 2.05) is 31.2 Å². The number of nitrogens with one attached hydrogen (secondary N) is 1. The average Bonchev–Trinajstić information content (AvgIpc) is 2.47. The van der Waals surface area contributed by atoms with Gasteiger partial charge in [0.05, 0.1) is 12.2 Å². The summed E-state index contributed by atoms with van der Waals surface area (Å²) in [4.78, 5) is 10.9. The molecule has 0 fully saturated rings. The van der Waals surface area contributed by atoms with Crippen LogP contribution >= 0.6 is 0 Å². The van der Waals surface area contributed by atoms with Gasteiger partial charge in [0.25, 0.3) is 0 Å². The number of rotatable bonds is 6. The van der Waals surface area contributed by atoms with E-state index in [1.54, 1.807) is 0 Å². The van der Waals surface area contributed by atoms with Crippen LogP contribution in [0.1, 0.15) is 22.8 Å². The lowest BCUT2D eigenvalue weighted by molar-refractivity contribution is 0.0696. The van der Waals surface area contributed by atoms with E-state index in [9.17, 15) is 9.18 Å². The van der Waals surface area contributed by atoms with E-state index in [2.05, 4.69) is 5.32 Å². The quantitative estimate of drug-likeness (QED) is 0.854.